The van der Waals surface area contributed by atoms with Crippen LogP contribution in [0.25, 0.3) is 0 Å². The Morgan fingerprint density at radius 1 is 1.24 bits per heavy atom. The van der Waals surface area contributed by atoms with E-state index in [2.05, 4.69) is 42.4 Å². The molecule has 0 unspecified atom stereocenters. The average Bonchev–Trinajstić information content (AvgIpc) is 2.43. The molecule has 0 aliphatic carbocycles. The lowest BCUT2D eigenvalue weighted by molar-refractivity contribution is 0.0853. The Kier molecular flexibility index (Phi) is 10.4. The highest BCUT2D eigenvalue weighted by Gasteiger charge is 2.06. The maximum Gasteiger partial charge on any atom is 0.193 e. The molecule has 0 heterocycles. The Morgan fingerprint density at radius 2 is 1.81 bits per heavy atom. The predicted octanol–water partition coefficient (Wildman–Crippen LogP) is 3.58. The lowest BCUT2D eigenvalue weighted by atomic mass is 10.0. The monoisotopic (exact) mass is 405 g/mol. The molecule has 4 nitrogen and oxygen atoms in total. The van der Waals surface area contributed by atoms with Gasteiger partial charge in [0.2, 0.25) is 0 Å². The van der Waals surface area contributed by atoms with Gasteiger partial charge in [0.05, 0.1) is 19.3 Å². The number of nitrogens with zero attached hydrogens (tertiary/aromatic N) is 1. The molecule has 0 radical (unpaired) electrons. The summed E-state index contributed by atoms with van der Waals surface area (Å²) in [6.07, 6.45) is 2.17. The lowest BCUT2D eigenvalue weighted by Crippen LogP contribution is -2.25. The van der Waals surface area contributed by atoms with Gasteiger partial charge in [-0.1, -0.05) is 32.0 Å². The van der Waals surface area contributed by atoms with Crippen LogP contribution >= 0.6 is 24.0 Å². The third kappa shape index (κ3) is 7.13. The number of hydrogen-bond donors (Lipinski definition) is 2. The quantitative estimate of drug-likeness (QED) is 0.316. The number of aryl methyl sites for hydroxylation is 2. The molecule has 0 saturated carbocycles. The lowest BCUT2D eigenvalue weighted by Gasteiger charge is -2.15. The van der Waals surface area contributed by atoms with Gasteiger partial charge in [-0.15, -0.1) is 24.0 Å². The van der Waals surface area contributed by atoms with Crippen molar-refractivity contribution in [2.75, 3.05) is 18.5 Å². The standard InChI is InChI=1S/C16H27N3O.HI/c1-5-13-8-7-9-14(6-2)15(13)19-16(17)18-10-11-20-12(3)4;/h7-9,12H,5-6,10-11H2,1-4H3,(H3,17,18,19);1H. The predicted molar refractivity (Wildman–Crippen MR) is 102 cm³/mol. The molecule has 120 valence electrons. The Morgan fingerprint density at radius 3 is 2.29 bits per heavy atom. The Bertz CT molecular complexity index is 425. The molecule has 21 heavy (non-hydrogen) atoms. The van der Waals surface area contributed by atoms with Crippen molar-refractivity contribution in [3.63, 3.8) is 0 Å². The summed E-state index contributed by atoms with van der Waals surface area (Å²) in [6, 6.07) is 6.33. The van der Waals surface area contributed by atoms with E-state index in [-0.39, 0.29) is 30.1 Å². The van der Waals surface area contributed by atoms with Gasteiger partial charge in [0, 0.05) is 5.69 Å². The smallest absolute Gasteiger partial charge is 0.193 e. The highest BCUT2D eigenvalue weighted by molar-refractivity contribution is 14.0. The van der Waals surface area contributed by atoms with Crippen molar-refractivity contribution in [1.82, 2.24) is 0 Å². The van der Waals surface area contributed by atoms with Gasteiger partial charge in [0.15, 0.2) is 5.96 Å². The number of ether oxygens (including phenoxy) is 1. The van der Waals surface area contributed by atoms with Gasteiger partial charge in [-0.3, -0.25) is 4.99 Å². The highest BCUT2D eigenvalue weighted by atomic mass is 127. The van der Waals surface area contributed by atoms with Crippen molar-refractivity contribution in [1.29, 1.82) is 0 Å². The van der Waals surface area contributed by atoms with Gasteiger partial charge in [-0.25, -0.2) is 0 Å². The van der Waals surface area contributed by atoms with E-state index in [0.29, 0.717) is 19.1 Å². The second kappa shape index (κ2) is 10.8. The third-order valence-electron chi connectivity index (χ3n) is 3.08. The molecule has 3 N–H and O–H groups in total. The van der Waals surface area contributed by atoms with Crippen molar-refractivity contribution in [3.8, 4) is 0 Å². The molecule has 0 saturated heterocycles. The first-order chi connectivity index (χ1) is 9.58. The summed E-state index contributed by atoms with van der Waals surface area (Å²) < 4.78 is 5.44. The summed E-state index contributed by atoms with van der Waals surface area (Å²) in [6.45, 7) is 9.48. The van der Waals surface area contributed by atoms with Crippen LogP contribution in [0, 0.1) is 0 Å². The van der Waals surface area contributed by atoms with E-state index in [4.69, 9.17) is 10.5 Å². The molecule has 0 spiro atoms. The zero-order chi connectivity index (χ0) is 15.0. The number of guanidine groups is 1. The van der Waals surface area contributed by atoms with Crippen LogP contribution in [0.2, 0.25) is 0 Å². The fourth-order valence-corrected chi connectivity index (χ4v) is 2.03. The fourth-order valence-electron chi connectivity index (χ4n) is 2.03. The molecule has 0 amide bonds. The molecular formula is C16H28IN3O. The maximum absolute atomic E-state index is 5.95. The molecule has 1 aromatic carbocycles. The van der Waals surface area contributed by atoms with Gasteiger partial charge >= 0.3 is 0 Å². The summed E-state index contributed by atoms with van der Waals surface area (Å²) >= 11 is 0. The zero-order valence-electron chi connectivity index (χ0n) is 13.5. The number of para-hydroxylation sites is 1. The van der Waals surface area contributed by atoms with E-state index >= 15 is 0 Å². The number of nitrogens with one attached hydrogen (secondary N) is 1. The summed E-state index contributed by atoms with van der Waals surface area (Å²) in [7, 11) is 0. The van der Waals surface area contributed by atoms with E-state index in [9.17, 15) is 0 Å². The van der Waals surface area contributed by atoms with Crippen LogP contribution in [0.1, 0.15) is 38.8 Å². The largest absolute Gasteiger partial charge is 0.377 e. The van der Waals surface area contributed by atoms with Crippen molar-refractivity contribution >= 4 is 35.6 Å². The molecule has 5 heteroatoms. The van der Waals surface area contributed by atoms with Crippen LogP contribution in [0.3, 0.4) is 0 Å². The summed E-state index contributed by atoms with van der Waals surface area (Å²) in [5.74, 6) is 0.452. The van der Waals surface area contributed by atoms with Crippen LogP contribution in [0.4, 0.5) is 5.69 Å². The van der Waals surface area contributed by atoms with E-state index < -0.39 is 0 Å². The van der Waals surface area contributed by atoms with Crippen LogP contribution in [0.5, 0.6) is 0 Å². The van der Waals surface area contributed by atoms with Crippen molar-refractivity contribution in [2.24, 2.45) is 10.7 Å². The number of aliphatic imine (C=N–C) groups is 1. The SMILES string of the molecule is CCc1cccc(CC)c1NC(N)=NCCOC(C)C.I. The maximum atomic E-state index is 5.95. The van der Waals surface area contributed by atoms with Gasteiger partial charge < -0.3 is 15.8 Å². The first-order valence-electron chi connectivity index (χ1n) is 7.37. The van der Waals surface area contributed by atoms with Gasteiger partial charge in [0.1, 0.15) is 0 Å². The number of benzene rings is 1. The first kappa shape index (κ1) is 20.2. The van der Waals surface area contributed by atoms with Crippen molar-refractivity contribution in [3.05, 3.63) is 29.3 Å². The molecule has 0 fully saturated rings. The van der Waals surface area contributed by atoms with Crippen LogP contribution in [0.15, 0.2) is 23.2 Å². The fraction of sp³-hybridized carbons (Fsp3) is 0.562. The van der Waals surface area contributed by atoms with Crippen molar-refractivity contribution < 1.29 is 4.74 Å². The number of hydrogen-bond acceptors (Lipinski definition) is 2. The van der Waals surface area contributed by atoms with Crippen LogP contribution in [-0.4, -0.2) is 25.2 Å². The Labute approximate surface area is 145 Å². The summed E-state index contributed by atoms with van der Waals surface area (Å²) in [5.41, 5.74) is 9.58. The van der Waals surface area contributed by atoms with E-state index in [1.165, 1.54) is 11.1 Å². The molecule has 0 bridgehead atoms. The van der Waals surface area contributed by atoms with Crippen LogP contribution < -0.4 is 11.1 Å². The normalized spacial score (nSPS) is 11.4. The minimum absolute atomic E-state index is 0. The van der Waals surface area contributed by atoms with Crippen LogP contribution in [-0.2, 0) is 17.6 Å². The second-order valence-electron chi connectivity index (χ2n) is 4.97. The third-order valence-corrected chi connectivity index (χ3v) is 3.08. The van der Waals surface area contributed by atoms with Crippen molar-refractivity contribution in [2.45, 2.75) is 46.6 Å². The zero-order valence-corrected chi connectivity index (χ0v) is 15.8. The average molecular weight is 405 g/mol. The first-order valence-corrected chi connectivity index (χ1v) is 7.37. The molecule has 0 aliphatic rings. The van der Waals surface area contributed by atoms with E-state index in [1.807, 2.05) is 13.8 Å². The minimum Gasteiger partial charge on any atom is -0.377 e. The molecule has 0 atom stereocenters. The number of rotatable bonds is 7. The molecule has 1 aromatic rings. The van der Waals surface area contributed by atoms with Gasteiger partial charge in [-0.05, 0) is 37.8 Å². The Balaban J connectivity index is 0.00000400. The summed E-state index contributed by atoms with van der Waals surface area (Å²) in [4.78, 5) is 4.30. The number of anilines is 1. The number of nitrogens with two attached hydrogens (primary N) is 1. The minimum atomic E-state index is 0. The van der Waals surface area contributed by atoms with E-state index in [0.717, 1.165) is 18.5 Å². The molecule has 1 rings (SSSR count). The Hall–Kier alpha value is -0.820. The van der Waals surface area contributed by atoms with Gasteiger partial charge in [0.25, 0.3) is 0 Å². The topological polar surface area (TPSA) is 59.6 Å². The second-order valence-corrected chi connectivity index (χ2v) is 4.97. The number of halogens is 1. The molecule has 0 aromatic heterocycles. The molecule has 0 aliphatic heterocycles. The summed E-state index contributed by atoms with van der Waals surface area (Å²) in [5, 5.41) is 3.24. The van der Waals surface area contributed by atoms with E-state index in [1.54, 1.807) is 0 Å². The van der Waals surface area contributed by atoms with Gasteiger partial charge in [-0.2, -0.15) is 0 Å². The highest BCUT2D eigenvalue weighted by Crippen LogP contribution is 2.22. The molecular weight excluding hydrogens is 377 g/mol.